The van der Waals surface area contributed by atoms with E-state index < -0.39 is 0 Å². The third-order valence-electron chi connectivity index (χ3n) is 2.31. The second-order valence-corrected chi connectivity index (χ2v) is 3.80. The lowest BCUT2D eigenvalue weighted by molar-refractivity contribution is 0.0922. The Morgan fingerprint density at radius 2 is 2.39 bits per heavy atom. The van der Waals surface area contributed by atoms with Crippen LogP contribution in [0.3, 0.4) is 0 Å². The van der Waals surface area contributed by atoms with Gasteiger partial charge in [-0.15, -0.1) is 0 Å². The van der Waals surface area contributed by atoms with Crippen LogP contribution < -0.4 is 5.32 Å². The Bertz CT molecular complexity index is 509. The summed E-state index contributed by atoms with van der Waals surface area (Å²) < 4.78 is 1.50. The van der Waals surface area contributed by atoms with Gasteiger partial charge in [0.15, 0.2) is 5.82 Å². The van der Waals surface area contributed by atoms with Crippen molar-refractivity contribution < 1.29 is 9.90 Å². The van der Waals surface area contributed by atoms with Gasteiger partial charge in [-0.1, -0.05) is 0 Å². The van der Waals surface area contributed by atoms with Crippen LogP contribution in [0.4, 0.5) is 0 Å². The molecule has 7 nitrogen and oxygen atoms in total. The second kappa shape index (κ2) is 5.37. The van der Waals surface area contributed by atoms with E-state index in [1.54, 1.807) is 19.1 Å². The first-order valence-corrected chi connectivity index (χ1v) is 5.43. The molecule has 0 bridgehead atoms. The second-order valence-electron chi connectivity index (χ2n) is 3.80. The molecule has 0 aliphatic rings. The summed E-state index contributed by atoms with van der Waals surface area (Å²) in [6.45, 7) is 1.62. The average molecular weight is 247 g/mol. The quantitative estimate of drug-likeness (QED) is 0.778. The van der Waals surface area contributed by atoms with E-state index in [4.69, 9.17) is 5.11 Å². The molecular weight excluding hydrogens is 234 g/mol. The number of nitrogens with one attached hydrogen (secondary N) is 1. The zero-order valence-corrected chi connectivity index (χ0v) is 9.82. The highest BCUT2D eigenvalue weighted by molar-refractivity contribution is 5.94. The van der Waals surface area contributed by atoms with Crippen LogP contribution in [-0.2, 0) is 0 Å². The molecule has 0 spiro atoms. The molecule has 0 radical (unpaired) electrons. The third-order valence-corrected chi connectivity index (χ3v) is 2.31. The molecule has 94 valence electrons. The lowest BCUT2D eigenvalue weighted by atomic mass is 10.2. The number of carbonyl (C=O) groups excluding carboxylic acids is 1. The Labute approximate surface area is 104 Å². The van der Waals surface area contributed by atoms with Gasteiger partial charge in [-0.2, -0.15) is 5.10 Å². The van der Waals surface area contributed by atoms with Gasteiger partial charge in [-0.25, -0.2) is 14.6 Å². The van der Waals surface area contributed by atoms with E-state index in [2.05, 4.69) is 20.4 Å². The molecule has 2 N–H and O–H groups in total. The lowest BCUT2D eigenvalue weighted by Gasteiger charge is -2.10. The van der Waals surface area contributed by atoms with E-state index >= 15 is 0 Å². The van der Waals surface area contributed by atoms with Crippen molar-refractivity contribution in [3.05, 3.63) is 36.5 Å². The fraction of sp³-hybridized carbons (Fsp3) is 0.273. The van der Waals surface area contributed by atoms with Crippen molar-refractivity contribution >= 4 is 5.91 Å². The molecule has 1 atom stereocenters. The first-order chi connectivity index (χ1) is 8.70. The molecule has 0 aliphatic heterocycles. The Hall–Kier alpha value is -2.28. The minimum Gasteiger partial charge on any atom is -0.394 e. The van der Waals surface area contributed by atoms with Crippen molar-refractivity contribution in [1.29, 1.82) is 0 Å². The Morgan fingerprint density at radius 3 is 2.94 bits per heavy atom. The Balaban J connectivity index is 2.10. The summed E-state index contributed by atoms with van der Waals surface area (Å²) >= 11 is 0. The summed E-state index contributed by atoms with van der Waals surface area (Å²) in [5.74, 6) is 0.313. The molecule has 1 unspecified atom stereocenters. The summed E-state index contributed by atoms with van der Waals surface area (Å²) in [4.78, 5) is 19.6. The molecule has 0 saturated carbocycles. The largest absolute Gasteiger partial charge is 0.394 e. The van der Waals surface area contributed by atoms with E-state index in [9.17, 15) is 4.79 Å². The van der Waals surface area contributed by atoms with Crippen molar-refractivity contribution in [2.24, 2.45) is 0 Å². The molecular formula is C11H13N5O2. The molecule has 2 aromatic rings. The Kier molecular flexibility index (Phi) is 3.63. The molecule has 18 heavy (non-hydrogen) atoms. The normalized spacial score (nSPS) is 12.1. The van der Waals surface area contributed by atoms with Crippen molar-refractivity contribution in [3.8, 4) is 5.82 Å². The van der Waals surface area contributed by atoms with Crippen molar-refractivity contribution in [2.45, 2.75) is 13.0 Å². The van der Waals surface area contributed by atoms with E-state index in [0.29, 0.717) is 11.4 Å². The van der Waals surface area contributed by atoms with Gasteiger partial charge in [0.05, 0.1) is 12.2 Å². The topological polar surface area (TPSA) is 92.9 Å². The van der Waals surface area contributed by atoms with Gasteiger partial charge in [0.2, 0.25) is 0 Å². The first kappa shape index (κ1) is 12.2. The zero-order chi connectivity index (χ0) is 13.0. The SMILES string of the molecule is CC(CO)NC(=O)c1ccc(-n2cncn2)nc1. The van der Waals surface area contributed by atoms with Crippen molar-refractivity contribution in [2.75, 3.05) is 6.61 Å². The molecule has 2 rings (SSSR count). The highest BCUT2D eigenvalue weighted by Crippen LogP contribution is 2.04. The van der Waals surface area contributed by atoms with E-state index in [1.165, 1.54) is 23.5 Å². The molecule has 7 heteroatoms. The standard InChI is InChI=1S/C11H13N5O2/c1-8(5-17)15-11(18)9-2-3-10(13-4-9)16-7-12-6-14-16/h2-4,6-8,17H,5H2,1H3,(H,15,18). The van der Waals surface area contributed by atoms with Crippen LogP contribution in [0, 0.1) is 0 Å². The fourth-order valence-corrected chi connectivity index (χ4v) is 1.34. The predicted octanol–water partition coefficient (Wildman–Crippen LogP) is -0.227. The fourth-order valence-electron chi connectivity index (χ4n) is 1.34. The van der Waals surface area contributed by atoms with Gasteiger partial charge in [0.25, 0.3) is 5.91 Å². The number of rotatable bonds is 4. The number of nitrogens with zero attached hydrogens (tertiary/aromatic N) is 4. The van der Waals surface area contributed by atoms with E-state index in [0.717, 1.165) is 0 Å². The van der Waals surface area contributed by atoms with E-state index in [-0.39, 0.29) is 18.6 Å². The van der Waals surface area contributed by atoms with Gasteiger partial charge < -0.3 is 10.4 Å². The summed E-state index contributed by atoms with van der Waals surface area (Å²) in [7, 11) is 0. The summed E-state index contributed by atoms with van der Waals surface area (Å²) in [6.07, 6.45) is 4.39. The maximum Gasteiger partial charge on any atom is 0.253 e. The first-order valence-electron chi connectivity index (χ1n) is 5.43. The van der Waals surface area contributed by atoms with Gasteiger partial charge in [-0.05, 0) is 19.1 Å². The number of aliphatic hydroxyl groups excluding tert-OH is 1. The number of pyridine rings is 1. The van der Waals surface area contributed by atoms with Gasteiger partial charge in [0, 0.05) is 12.2 Å². The van der Waals surface area contributed by atoms with Crippen molar-refractivity contribution in [3.63, 3.8) is 0 Å². The average Bonchev–Trinajstić information content (AvgIpc) is 2.92. The lowest BCUT2D eigenvalue weighted by Crippen LogP contribution is -2.35. The van der Waals surface area contributed by atoms with Crippen LogP contribution in [0.2, 0.25) is 0 Å². The molecule has 0 aliphatic carbocycles. The highest BCUT2D eigenvalue weighted by Gasteiger charge is 2.09. The molecule has 1 amide bonds. The minimum absolute atomic E-state index is 0.101. The number of carbonyl (C=O) groups is 1. The number of amides is 1. The summed E-state index contributed by atoms with van der Waals surface area (Å²) in [6, 6.07) is 3.03. The molecule has 0 fully saturated rings. The molecule has 0 aromatic carbocycles. The maximum atomic E-state index is 11.7. The number of hydrogen-bond acceptors (Lipinski definition) is 5. The van der Waals surface area contributed by atoms with Crippen LogP contribution >= 0.6 is 0 Å². The molecule has 0 saturated heterocycles. The molecule has 2 aromatic heterocycles. The third kappa shape index (κ3) is 2.69. The summed E-state index contributed by atoms with van der Waals surface area (Å²) in [5.41, 5.74) is 0.430. The smallest absolute Gasteiger partial charge is 0.253 e. The Morgan fingerprint density at radius 1 is 1.56 bits per heavy atom. The van der Waals surface area contributed by atoms with Crippen LogP contribution in [0.1, 0.15) is 17.3 Å². The monoisotopic (exact) mass is 247 g/mol. The van der Waals surface area contributed by atoms with E-state index in [1.807, 2.05) is 0 Å². The number of hydrogen-bond donors (Lipinski definition) is 2. The number of aliphatic hydroxyl groups is 1. The summed E-state index contributed by atoms with van der Waals surface area (Å²) in [5, 5.41) is 15.4. The van der Waals surface area contributed by atoms with Crippen LogP contribution in [0.25, 0.3) is 5.82 Å². The molecule has 2 heterocycles. The minimum atomic E-state index is -0.285. The number of aromatic nitrogens is 4. The van der Waals surface area contributed by atoms with Crippen LogP contribution in [-0.4, -0.2) is 43.4 Å². The zero-order valence-electron chi connectivity index (χ0n) is 9.82. The van der Waals surface area contributed by atoms with Gasteiger partial charge in [-0.3, -0.25) is 4.79 Å². The maximum absolute atomic E-state index is 11.7. The van der Waals surface area contributed by atoms with Crippen LogP contribution in [0.15, 0.2) is 31.0 Å². The van der Waals surface area contributed by atoms with Crippen molar-refractivity contribution in [1.82, 2.24) is 25.1 Å². The van der Waals surface area contributed by atoms with Gasteiger partial charge >= 0.3 is 0 Å². The highest BCUT2D eigenvalue weighted by atomic mass is 16.3. The van der Waals surface area contributed by atoms with Gasteiger partial charge in [0.1, 0.15) is 12.7 Å². The predicted molar refractivity (Wildman–Crippen MR) is 63.2 cm³/mol. The van der Waals surface area contributed by atoms with Crippen LogP contribution in [0.5, 0.6) is 0 Å².